The molecule has 6 heteroatoms. The average Bonchev–Trinajstić information content (AvgIpc) is 3.74. The van der Waals surface area contributed by atoms with Gasteiger partial charge in [-0.1, -0.05) is 247 Å². The van der Waals surface area contributed by atoms with Gasteiger partial charge in [-0.15, -0.1) is 0 Å². The third-order valence-electron chi connectivity index (χ3n) is 20.7. The molecular weight excluding hydrogens is 883 g/mol. The van der Waals surface area contributed by atoms with E-state index in [4.69, 9.17) is 31.4 Å². The zero-order chi connectivity index (χ0) is 51.5. The van der Waals surface area contributed by atoms with Crippen molar-refractivity contribution >= 4 is 0 Å². The minimum Gasteiger partial charge on any atom is -0.378 e. The second-order valence-corrected chi connectivity index (χ2v) is 26.0. The molecular formula is C66H129N3O3. The second kappa shape index (κ2) is 39.2. The maximum Gasteiger partial charge on any atom is 0.0637 e. The topological polar surface area (TPSA) is 106 Å². The van der Waals surface area contributed by atoms with Crippen LogP contribution in [0.15, 0.2) is 0 Å². The molecule has 6 N–H and O–H groups in total. The molecule has 0 bridgehead atoms. The van der Waals surface area contributed by atoms with Crippen molar-refractivity contribution in [1.82, 2.24) is 0 Å². The minimum absolute atomic E-state index is 0.179. The SMILES string of the molecule is CCCCCCCCCCCCCCCCC(CCCCCCCCCCCCCCCC)CCC[C@@H](C)[C@H]1CC[C@H]2[C@@H]3[C@H](OCCCN)C[C@@H]4C[C@H](OCCCN)CC[C@]4(C)[C@H]3C[C@H](OCCCN)[C@]12C. The normalized spacial score (nSPS) is 28.6. The van der Waals surface area contributed by atoms with E-state index in [2.05, 4.69) is 34.6 Å². The Morgan fingerprint density at radius 1 is 0.444 bits per heavy atom. The Morgan fingerprint density at radius 3 is 1.38 bits per heavy atom. The first kappa shape index (κ1) is 64.3. The van der Waals surface area contributed by atoms with E-state index in [-0.39, 0.29) is 5.41 Å². The van der Waals surface area contributed by atoms with Crippen molar-refractivity contribution < 1.29 is 14.2 Å². The van der Waals surface area contributed by atoms with Crippen molar-refractivity contribution in [1.29, 1.82) is 0 Å². The molecule has 4 aliphatic rings. The molecule has 4 aliphatic carbocycles. The minimum atomic E-state index is 0.179. The quantitative estimate of drug-likeness (QED) is 0.0525. The number of fused-ring (bicyclic) bond motifs is 5. The lowest BCUT2D eigenvalue weighted by molar-refractivity contribution is -0.227. The molecule has 0 saturated heterocycles. The Kier molecular flexibility index (Phi) is 35.0. The summed E-state index contributed by atoms with van der Waals surface area (Å²) >= 11 is 0. The maximum atomic E-state index is 7.22. The molecule has 4 fully saturated rings. The molecule has 0 radical (unpaired) electrons. The fourth-order valence-electron chi connectivity index (χ4n) is 16.2. The molecule has 0 spiro atoms. The molecule has 72 heavy (non-hydrogen) atoms. The predicted octanol–water partition coefficient (Wildman–Crippen LogP) is 18.2. The first-order chi connectivity index (χ1) is 35.3. The van der Waals surface area contributed by atoms with Crippen molar-refractivity contribution in [2.75, 3.05) is 39.5 Å². The number of rotatable bonds is 47. The van der Waals surface area contributed by atoms with Crippen molar-refractivity contribution in [2.24, 2.45) is 69.5 Å². The first-order valence-electron chi connectivity index (χ1n) is 33.2. The zero-order valence-corrected chi connectivity index (χ0v) is 49.4. The van der Waals surface area contributed by atoms with Crippen LogP contribution in [0.1, 0.15) is 311 Å². The summed E-state index contributed by atoms with van der Waals surface area (Å²) in [7, 11) is 0. The molecule has 0 aliphatic heterocycles. The van der Waals surface area contributed by atoms with Gasteiger partial charge >= 0.3 is 0 Å². The molecule has 6 nitrogen and oxygen atoms in total. The van der Waals surface area contributed by atoms with E-state index in [1.54, 1.807) is 0 Å². The molecule has 426 valence electrons. The monoisotopic (exact) mass is 1010 g/mol. The summed E-state index contributed by atoms with van der Waals surface area (Å²) in [4.78, 5) is 0. The van der Waals surface area contributed by atoms with Crippen LogP contribution in [0, 0.1) is 52.3 Å². The lowest BCUT2D eigenvalue weighted by Crippen LogP contribution is -2.63. The van der Waals surface area contributed by atoms with Crippen molar-refractivity contribution in [3.63, 3.8) is 0 Å². The van der Waals surface area contributed by atoms with E-state index >= 15 is 0 Å². The third kappa shape index (κ3) is 22.2. The summed E-state index contributed by atoms with van der Waals surface area (Å²) < 4.78 is 20.8. The van der Waals surface area contributed by atoms with Gasteiger partial charge in [0.1, 0.15) is 0 Å². The Balaban J connectivity index is 1.32. The van der Waals surface area contributed by atoms with Crippen LogP contribution in [-0.2, 0) is 14.2 Å². The number of hydrogen-bond donors (Lipinski definition) is 3. The number of ether oxygens (including phenoxy) is 3. The van der Waals surface area contributed by atoms with Crippen LogP contribution in [0.5, 0.6) is 0 Å². The smallest absolute Gasteiger partial charge is 0.0637 e. The van der Waals surface area contributed by atoms with Gasteiger partial charge < -0.3 is 31.4 Å². The van der Waals surface area contributed by atoms with Gasteiger partial charge in [-0.2, -0.15) is 0 Å². The summed E-state index contributed by atoms with van der Waals surface area (Å²) in [5.74, 6) is 4.88. The van der Waals surface area contributed by atoms with Crippen LogP contribution in [0.4, 0.5) is 0 Å². The molecule has 0 aromatic heterocycles. The van der Waals surface area contributed by atoms with Gasteiger partial charge in [0.05, 0.1) is 18.3 Å². The second-order valence-electron chi connectivity index (χ2n) is 26.0. The molecule has 4 rings (SSSR count). The molecule has 0 amide bonds. The Morgan fingerprint density at radius 2 is 0.889 bits per heavy atom. The largest absolute Gasteiger partial charge is 0.378 e. The first-order valence-corrected chi connectivity index (χ1v) is 33.2. The van der Waals surface area contributed by atoms with Crippen LogP contribution in [-0.4, -0.2) is 57.8 Å². The summed E-state index contributed by atoms with van der Waals surface area (Å²) in [6, 6.07) is 0. The predicted molar refractivity (Wildman–Crippen MR) is 313 cm³/mol. The van der Waals surface area contributed by atoms with E-state index < -0.39 is 0 Å². The van der Waals surface area contributed by atoms with E-state index in [1.807, 2.05) is 0 Å². The summed E-state index contributed by atoms with van der Waals surface area (Å²) in [5, 5.41) is 0. The molecule has 4 saturated carbocycles. The van der Waals surface area contributed by atoms with Gasteiger partial charge in [0.2, 0.25) is 0 Å². The van der Waals surface area contributed by atoms with E-state index in [0.29, 0.717) is 73.0 Å². The van der Waals surface area contributed by atoms with Gasteiger partial charge in [-0.05, 0) is 131 Å². The zero-order valence-electron chi connectivity index (χ0n) is 49.4. The van der Waals surface area contributed by atoms with Gasteiger partial charge in [-0.25, -0.2) is 0 Å². The summed E-state index contributed by atoms with van der Waals surface area (Å²) in [5.41, 5.74) is 18.6. The van der Waals surface area contributed by atoms with Crippen molar-refractivity contribution in [3.05, 3.63) is 0 Å². The highest BCUT2D eigenvalue weighted by molar-refractivity contribution is 5.15. The van der Waals surface area contributed by atoms with Crippen molar-refractivity contribution in [3.8, 4) is 0 Å². The maximum absolute atomic E-state index is 7.22. The van der Waals surface area contributed by atoms with E-state index in [9.17, 15) is 0 Å². The van der Waals surface area contributed by atoms with Gasteiger partial charge in [0.25, 0.3) is 0 Å². The Bertz CT molecular complexity index is 1240. The molecule has 0 heterocycles. The highest BCUT2D eigenvalue weighted by Gasteiger charge is 2.66. The van der Waals surface area contributed by atoms with E-state index in [0.717, 1.165) is 50.9 Å². The lowest BCUT2D eigenvalue weighted by Gasteiger charge is -2.65. The number of hydrogen-bond acceptors (Lipinski definition) is 6. The fraction of sp³-hybridized carbons (Fsp3) is 1.00. The van der Waals surface area contributed by atoms with Crippen LogP contribution in [0.25, 0.3) is 0 Å². The van der Waals surface area contributed by atoms with Gasteiger partial charge in [-0.3, -0.25) is 0 Å². The van der Waals surface area contributed by atoms with Crippen LogP contribution in [0.3, 0.4) is 0 Å². The average molecular weight is 1010 g/mol. The molecule has 0 aromatic carbocycles. The van der Waals surface area contributed by atoms with Crippen LogP contribution < -0.4 is 17.2 Å². The third-order valence-corrected chi connectivity index (χ3v) is 20.7. The Labute approximate surface area is 450 Å². The number of unbranched alkanes of at least 4 members (excludes halogenated alkanes) is 26. The molecule has 0 unspecified atom stereocenters. The fourth-order valence-corrected chi connectivity index (χ4v) is 16.2. The molecule has 0 aromatic rings. The van der Waals surface area contributed by atoms with Gasteiger partial charge in [0, 0.05) is 25.2 Å². The van der Waals surface area contributed by atoms with Crippen LogP contribution in [0.2, 0.25) is 0 Å². The van der Waals surface area contributed by atoms with E-state index in [1.165, 1.54) is 257 Å². The standard InChI is InChI=1S/C66H129N3O3/c1-6-8-10-12-14-16-18-20-22-24-26-28-30-32-39-56(40-33-31-29-27-25-23-21-19-17-15-13-11-9-7-2)41-34-38-55(3)59-42-43-60-64-61(54-63(66(59,60)5)72-51-37-48-69)65(4)45-44-58(70-49-35-46-67)52-57(65)53-62(64)71-50-36-47-68/h55-64H,6-54,67-69H2,1-5H3/t55-,57+,58-,59-,60+,61+,62-,63+,64+,65+,66-/m1/s1. The summed E-state index contributed by atoms with van der Waals surface area (Å²) in [6.45, 7) is 17.2. The lowest BCUT2D eigenvalue weighted by atomic mass is 9.43. The Hall–Kier alpha value is -0.240. The van der Waals surface area contributed by atoms with Crippen molar-refractivity contribution in [2.45, 2.75) is 329 Å². The number of nitrogens with two attached hydrogens (primary N) is 3. The summed E-state index contributed by atoms with van der Waals surface area (Å²) in [6.07, 6.45) is 60.4. The molecule has 11 atom stereocenters. The highest BCUT2D eigenvalue weighted by Crippen LogP contribution is 2.69. The van der Waals surface area contributed by atoms with Gasteiger partial charge in [0.15, 0.2) is 0 Å². The van der Waals surface area contributed by atoms with Crippen LogP contribution >= 0.6 is 0 Å². The highest BCUT2D eigenvalue weighted by atomic mass is 16.5.